The number of nitrogens with zero attached hydrogens (tertiary/aromatic N) is 1. The summed E-state index contributed by atoms with van der Waals surface area (Å²) in [4.78, 5) is 111. The van der Waals surface area contributed by atoms with Crippen LogP contribution >= 0.6 is 0 Å². The first kappa shape index (κ1) is 99.8. The average molecular weight is 1640 g/mol. The van der Waals surface area contributed by atoms with Gasteiger partial charge in [0.15, 0.2) is 30.9 Å². The fourth-order valence-corrected chi connectivity index (χ4v) is 14.8. The number of carbonyl (C=O) groups is 8. The van der Waals surface area contributed by atoms with Gasteiger partial charge >= 0.3 is 0 Å². The molecule has 0 aromatic carbocycles. The summed E-state index contributed by atoms with van der Waals surface area (Å²) >= 11 is 0. The van der Waals surface area contributed by atoms with Crippen molar-refractivity contribution in [3.8, 4) is 0 Å². The van der Waals surface area contributed by atoms with Crippen molar-refractivity contribution in [3.63, 3.8) is 0 Å². The van der Waals surface area contributed by atoms with E-state index in [1.165, 1.54) is 7.11 Å². The summed E-state index contributed by atoms with van der Waals surface area (Å²) in [7, 11) is 1.51. The number of hydrogen-bond donors (Lipinski definition) is 18. The van der Waals surface area contributed by atoms with Crippen LogP contribution in [0.25, 0.3) is 0 Å². The van der Waals surface area contributed by atoms with Crippen LogP contribution in [-0.2, 0) is 81.0 Å². The Bertz CT molecular complexity index is 2780. The number of aliphatic hydroxyl groups is 13. The van der Waals surface area contributed by atoms with Crippen molar-refractivity contribution in [2.75, 3.05) is 99.3 Å². The number of hydrogen-bond acceptors (Lipinski definition) is 30. The molecule has 0 saturated carbocycles. The predicted octanol–water partition coefficient (Wildman–Crippen LogP) is -1.97. The first-order chi connectivity index (χ1) is 54.6. The van der Waals surface area contributed by atoms with E-state index in [2.05, 4.69) is 26.6 Å². The van der Waals surface area contributed by atoms with E-state index < -0.39 is 190 Å². The number of Topliss-reactive ketones (excluding diaryl/α,β-unsaturated/α-hetero) is 2. The van der Waals surface area contributed by atoms with Gasteiger partial charge in [-0.2, -0.15) is 0 Å². The number of carbonyl (C=O) groups excluding carboxylic acids is 8. The zero-order chi connectivity index (χ0) is 83.8. The number of unbranched alkanes of at least 4 members (excludes halogenated alkanes) is 7. The molecule has 36 heteroatoms. The van der Waals surface area contributed by atoms with Crippen molar-refractivity contribution in [2.45, 2.75) is 311 Å². The standard InChI is InChI=1S/C78H138N6O30/c1-46-65(96)69(100)57(41-85)111-75(46)107-33-16-9-23-53(89)37-50(21-6-13-29-79-61(92)25-10-17-34-108-76-47(2)66(97)70(101)58(42-86)112-76)73(104)81-31-14-7-22-51(74(105)82-32-20-28-64(95)84-40-54(90)39-52(84)45-106-5)38-56(91)55(83-63(94)27-12-19-36-110-78-49(4)68(99)72(103)60(44-88)114-78)24-8-15-30-80-62(93)26-11-18-35-109-77-48(3)67(98)71(102)59(43-87)113-77/h46-52,54-55,57-60,65-72,75-78,85-88,90,96-103H,6-45H2,1-5H3,(H,79,92)(H,80,93)(H,81,104)(H,82,105)(H,83,94)/t46?,47?,48?,49?,50?,51?,52-,54+,55?,57?,58?,59?,60?,65+,66+,67+,68+,69-,70-,71-,72-,75+,76+,77+,78+/m0/s1. The van der Waals surface area contributed by atoms with Gasteiger partial charge in [0.1, 0.15) is 54.6 Å². The van der Waals surface area contributed by atoms with Crippen LogP contribution in [0.1, 0.15) is 195 Å². The second-order valence-corrected chi connectivity index (χ2v) is 31.4. The van der Waals surface area contributed by atoms with Crippen molar-refractivity contribution >= 4 is 47.0 Å². The number of β-amino-alcohol motifs (C(OH)–C–C–N with tert-alkyl or cyclic N) is 1. The van der Waals surface area contributed by atoms with E-state index >= 15 is 0 Å². The molecule has 0 aliphatic carbocycles. The summed E-state index contributed by atoms with van der Waals surface area (Å²) in [6.45, 7) is 6.24. The molecular weight excluding hydrogens is 1500 g/mol. The SMILES string of the molecule is COC[C@@H]1C[C@@H](O)CN1C(=O)CCCNC(=O)C(CCCCNC(=O)C(CCCCNC(=O)CCCCO[C@@H]1OC(CO)[C@H](O)[C@H](O)C1C)CC(=O)CCCCO[C@@H]1OC(CO)[C@H](O)[C@H](O)C1C)CC(=O)C(CCCCNC(=O)CCCCO[C@@H]1OC(CO)[C@H](O)[C@H](O)C1C)NC(=O)CCCCO[C@@H]1OC(CO)[C@H](O)[C@H](O)C1C. The topological polar surface area (TPSA) is 546 Å². The van der Waals surface area contributed by atoms with Crippen LogP contribution in [0.15, 0.2) is 0 Å². The van der Waals surface area contributed by atoms with Gasteiger partial charge in [0.2, 0.25) is 35.4 Å². The first-order valence-electron chi connectivity index (χ1n) is 41.4. The molecule has 5 aliphatic rings. The molecule has 660 valence electrons. The lowest BCUT2D eigenvalue weighted by atomic mass is 9.90. The van der Waals surface area contributed by atoms with E-state index in [9.17, 15) is 105 Å². The van der Waals surface area contributed by atoms with Crippen LogP contribution in [-0.4, -0.2) is 334 Å². The molecular formula is C78H138N6O30. The van der Waals surface area contributed by atoms with E-state index in [4.69, 9.17) is 42.6 Å². The molecule has 6 amide bonds. The first-order valence-corrected chi connectivity index (χ1v) is 41.4. The highest BCUT2D eigenvalue weighted by molar-refractivity contribution is 5.92. The van der Waals surface area contributed by atoms with Crippen molar-refractivity contribution in [2.24, 2.45) is 35.5 Å². The van der Waals surface area contributed by atoms with Crippen LogP contribution in [0.5, 0.6) is 0 Å². The number of nitrogens with one attached hydrogen (secondary N) is 5. The van der Waals surface area contributed by atoms with Gasteiger partial charge in [-0.25, -0.2) is 0 Å². The number of methoxy groups -OCH3 is 1. The summed E-state index contributed by atoms with van der Waals surface area (Å²) in [6, 6.07) is -1.38. The second kappa shape index (κ2) is 54.5. The Morgan fingerprint density at radius 1 is 0.404 bits per heavy atom. The molecule has 18 N–H and O–H groups in total. The molecule has 36 nitrogen and oxygen atoms in total. The molecule has 0 aromatic rings. The maximum absolute atomic E-state index is 14.7. The highest BCUT2D eigenvalue weighted by Crippen LogP contribution is 2.32. The number of ether oxygens (including phenoxy) is 9. The molecule has 0 spiro atoms. The minimum Gasteiger partial charge on any atom is -0.394 e. The Hall–Kier alpha value is -4.72. The molecule has 5 heterocycles. The number of aliphatic hydroxyl groups excluding tert-OH is 13. The van der Waals surface area contributed by atoms with E-state index in [1.807, 2.05) is 0 Å². The minimum absolute atomic E-state index is 0.0341. The second-order valence-electron chi connectivity index (χ2n) is 31.4. The van der Waals surface area contributed by atoms with E-state index in [0.29, 0.717) is 109 Å². The van der Waals surface area contributed by atoms with Gasteiger partial charge in [0, 0.05) is 147 Å². The Labute approximate surface area is 669 Å². The lowest BCUT2D eigenvalue weighted by Crippen LogP contribution is -2.55. The third kappa shape index (κ3) is 33.8. The fourth-order valence-electron chi connectivity index (χ4n) is 14.8. The van der Waals surface area contributed by atoms with Gasteiger partial charge in [-0.05, 0) is 109 Å². The molecule has 0 aromatic heterocycles. The highest BCUT2D eigenvalue weighted by atomic mass is 16.7. The quantitative estimate of drug-likeness (QED) is 0.0294. The smallest absolute Gasteiger partial charge is 0.223 e. The van der Waals surface area contributed by atoms with Gasteiger partial charge < -0.3 is 141 Å². The molecule has 5 rings (SSSR count). The van der Waals surface area contributed by atoms with Crippen LogP contribution < -0.4 is 26.6 Å². The number of likely N-dealkylation sites (tertiary alicyclic amines) is 1. The van der Waals surface area contributed by atoms with Crippen LogP contribution in [0.4, 0.5) is 0 Å². The highest BCUT2D eigenvalue weighted by Gasteiger charge is 2.46. The molecule has 114 heavy (non-hydrogen) atoms. The lowest BCUT2D eigenvalue weighted by Gasteiger charge is -2.40. The molecule has 5 saturated heterocycles. The molecule has 5 fully saturated rings. The van der Waals surface area contributed by atoms with Crippen molar-refractivity contribution < 1.29 is 147 Å². The third-order valence-electron chi connectivity index (χ3n) is 22.3. The molecule has 0 radical (unpaired) electrons. The number of amides is 6. The minimum atomic E-state index is -1.31. The molecule has 5 aliphatic heterocycles. The summed E-state index contributed by atoms with van der Waals surface area (Å²) in [5, 5.41) is 146. The van der Waals surface area contributed by atoms with Gasteiger partial charge in [0.05, 0.1) is 75.6 Å². The van der Waals surface area contributed by atoms with Crippen molar-refractivity contribution in [1.82, 2.24) is 31.5 Å². The summed E-state index contributed by atoms with van der Waals surface area (Å²) in [5.74, 6) is -6.70. The van der Waals surface area contributed by atoms with Crippen molar-refractivity contribution in [1.29, 1.82) is 0 Å². The van der Waals surface area contributed by atoms with Crippen molar-refractivity contribution in [3.05, 3.63) is 0 Å². The van der Waals surface area contributed by atoms with Crippen LogP contribution in [0.3, 0.4) is 0 Å². The fraction of sp³-hybridized carbons (Fsp3) is 0.897. The van der Waals surface area contributed by atoms with Crippen LogP contribution in [0, 0.1) is 35.5 Å². The summed E-state index contributed by atoms with van der Waals surface area (Å²) < 4.78 is 51.1. The summed E-state index contributed by atoms with van der Waals surface area (Å²) in [5.41, 5.74) is 0. The molecule has 0 bridgehead atoms. The largest absolute Gasteiger partial charge is 0.394 e. The predicted molar refractivity (Wildman–Crippen MR) is 406 cm³/mol. The normalized spacial score (nSPS) is 30.6. The summed E-state index contributed by atoms with van der Waals surface area (Å²) in [6.07, 6.45) is -11.3. The Morgan fingerprint density at radius 3 is 1.14 bits per heavy atom. The Morgan fingerprint density at radius 2 is 0.754 bits per heavy atom. The Balaban J connectivity index is 1.20. The zero-order valence-electron chi connectivity index (χ0n) is 67.4. The average Bonchev–Trinajstić information content (AvgIpc) is 1.08. The van der Waals surface area contributed by atoms with Crippen LogP contribution in [0.2, 0.25) is 0 Å². The van der Waals surface area contributed by atoms with E-state index in [0.717, 1.165) is 0 Å². The Kier molecular flexibility index (Phi) is 47.7. The third-order valence-corrected chi connectivity index (χ3v) is 22.3. The maximum atomic E-state index is 14.7. The van der Waals surface area contributed by atoms with Gasteiger partial charge in [-0.15, -0.1) is 0 Å². The number of ketones is 2. The zero-order valence-corrected chi connectivity index (χ0v) is 67.4. The number of rotatable bonds is 57. The van der Waals surface area contributed by atoms with E-state index in [1.54, 1.807) is 32.6 Å². The lowest BCUT2D eigenvalue weighted by molar-refractivity contribution is -0.282. The molecule has 25 atom stereocenters. The van der Waals surface area contributed by atoms with Gasteiger partial charge in [0.25, 0.3) is 0 Å². The van der Waals surface area contributed by atoms with E-state index in [-0.39, 0.29) is 159 Å². The van der Waals surface area contributed by atoms with Gasteiger partial charge in [-0.3, -0.25) is 38.4 Å². The monoisotopic (exact) mass is 1640 g/mol. The maximum Gasteiger partial charge on any atom is 0.223 e. The molecule has 11 unspecified atom stereocenters. The van der Waals surface area contributed by atoms with Gasteiger partial charge in [-0.1, -0.05) is 40.5 Å².